The summed E-state index contributed by atoms with van der Waals surface area (Å²) >= 11 is 1.83. The number of benzene rings is 1. The van der Waals surface area contributed by atoms with Crippen LogP contribution in [0.1, 0.15) is 12.8 Å². The fourth-order valence-electron chi connectivity index (χ4n) is 1.96. The van der Waals surface area contributed by atoms with Crippen molar-refractivity contribution in [3.63, 3.8) is 0 Å². The molecule has 0 amide bonds. The van der Waals surface area contributed by atoms with Gasteiger partial charge in [0.05, 0.1) is 0 Å². The zero-order valence-corrected chi connectivity index (χ0v) is 9.83. The van der Waals surface area contributed by atoms with Gasteiger partial charge in [-0.2, -0.15) is 0 Å². The largest absolute Gasteiger partial charge is 0.508 e. The number of hydrogen-bond acceptors (Lipinski definition) is 3. The van der Waals surface area contributed by atoms with E-state index in [9.17, 15) is 5.11 Å². The molecule has 0 aliphatic carbocycles. The molecule has 2 nitrogen and oxygen atoms in total. The summed E-state index contributed by atoms with van der Waals surface area (Å²) in [5, 5.41) is 9.33. The number of phenols is 1. The fourth-order valence-corrected chi connectivity index (χ4v) is 3.14. The molecule has 1 atom stereocenters. The molecule has 0 radical (unpaired) electrons. The van der Waals surface area contributed by atoms with E-state index >= 15 is 0 Å². The highest BCUT2D eigenvalue weighted by atomic mass is 32.2. The van der Waals surface area contributed by atoms with Crippen molar-refractivity contribution in [1.29, 1.82) is 0 Å². The Kier molecular flexibility index (Phi) is 3.54. The Morgan fingerprint density at radius 3 is 3.07 bits per heavy atom. The van der Waals surface area contributed by atoms with Crippen molar-refractivity contribution in [1.82, 2.24) is 4.90 Å². The van der Waals surface area contributed by atoms with Crippen molar-refractivity contribution in [3.05, 3.63) is 24.3 Å². The number of thioether (sulfide) groups is 1. The summed E-state index contributed by atoms with van der Waals surface area (Å²) in [7, 11) is 2.20. The second kappa shape index (κ2) is 4.90. The van der Waals surface area contributed by atoms with Gasteiger partial charge >= 0.3 is 0 Å². The molecule has 1 heterocycles. The predicted molar refractivity (Wildman–Crippen MR) is 64.5 cm³/mol. The summed E-state index contributed by atoms with van der Waals surface area (Å²) in [6, 6.07) is 8.21. The number of rotatable bonds is 3. The first-order chi connectivity index (χ1) is 7.25. The number of nitrogens with zero attached hydrogens (tertiary/aromatic N) is 1. The quantitative estimate of drug-likeness (QED) is 0.797. The molecule has 0 spiro atoms. The maximum absolute atomic E-state index is 9.33. The molecule has 3 heteroatoms. The lowest BCUT2D eigenvalue weighted by molar-refractivity contribution is 0.335. The summed E-state index contributed by atoms with van der Waals surface area (Å²) in [5.41, 5.74) is 0. The highest BCUT2D eigenvalue weighted by molar-refractivity contribution is 7.99. The van der Waals surface area contributed by atoms with Crippen LogP contribution in [0.2, 0.25) is 0 Å². The van der Waals surface area contributed by atoms with E-state index < -0.39 is 0 Å². The van der Waals surface area contributed by atoms with E-state index in [-0.39, 0.29) is 0 Å². The van der Waals surface area contributed by atoms with Crippen LogP contribution in [-0.2, 0) is 0 Å². The average molecular weight is 223 g/mol. The highest BCUT2D eigenvalue weighted by Crippen LogP contribution is 2.26. The molecular weight excluding hydrogens is 206 g/mol. The van der Waals surface area contributed by atoms with Crippen LogP contribution in [0, 0.1) is 0 Å². The lowest BCUT2D eigenvalue weighted by atomic mass is 10.2. The monoisotopic (exact) mass is 223 g/mol. The van der Waals surface area contributed by atoms with Crippen LogP contribution in [0.5, 0.6) is 5.75 Å². The zero-order valence-electron chi connectivity index (χ0n) is 9.02. The number of aromatic hydroxyl groups is 1. The van der Waals surface area contributed by atoms with Gasteiger partial charge in [0.2, 0.25) is 0 Å². The van der Waals surface area contributed by atoms with E-state index in [1.807, 2.05) is 23.9 Å². The second-order valence-electron chi connectivity index (χ2n) is 4.09. The molecule has 82 valence electrons. The summed E-state index contributed by atoms with van der Waals surface area (Å²) in [6.07, 6.45) is 2.63. The van der Waals surface area contributed by atoms with Crippen LogP contribution < -0.4 is 0 Å². The minimum atomic E-state index is 0.361. The maximum Gasteiger partial charge on any atom is 0.116 e. The Labute approximate surface area is 95.3 Å². The minimum absolute atomic E-state index is 0.361. The van der Waals surface area contributed by atoms with Crippen molar-refractivity contribution in [2.24, 2.45) is 0 Å². The van der Waals surface area contributed by atoms with Crippen LogP contribution in [-0.4, -0.2) is 35.4 Å². The van der Waals surface area contributed by atoms with Gasteiger partial charge in [-0.3, -0.25) is 0 Å². The first-order valence-corrected chi connectivity index (χ1v) is 6.36. The summed E-state index contributed by atoms with van der Waals surface area (Å²) in [4.78, 5) is 3.59. The van der Waals surface area contributed by atoms with Crippen molar-refractivity contribution >= 4 is 11.8 Å². The SMILES string of the molecule is CN1CCC[C@@H]1CSc1cccc(O)c1. The first-order valence-electron chi connectivity index (χ1n) is 5.38. The van der Waals surface area contributed by atoms with Crippen molar-refractivity contribution in [2.45, 2.75) is 23.8 Å². The molecule has 2 rings (SSSR count). The van der Waals surface area contributed by atoms with Gasteiger partial charge in [-0.15, -0.1) is 11.8 Å². The molecule has 1 fully saturated rings. The molecule has 1 aromatic carbocycles. The number of hydrogen-bond donors (Lipinski definition) is 1. The summed E-state index contributed by atoms with van der Waals surface area (Å²) in [5.74, 6) is 1.49. The maximum atomic E-state index is 9.33. The van der Waals surface area contributed by atoms with Gasteiger partial charge in [0, 0.05) is 16.7 Å². The van der Waals surface area contributed by atoms with Gasteiger partial charge in [-0.1, -0.05) is 6.07 Å². The van der Waals surface area contributed by atoms with E-state index in [1.165, 1.54) is 19.4 Å². The molecule has 15 heavy (non-hydrogen) atoms. The van der Waals surface area contributed by atoms with Gasteiger partial charge < -0.3 is 10.0 Å². The molecule has 0 unspecified atom stereocenters. The topological polar surface area (TPSA) is 23.5 Å². The van der Waals surface area contributed by atoms with Crippen LogP contribution >= 0.6 is 11.8 Å². The van der Waals surface area contributed by atoms with E-state index in [2.05, 4.69) is 18.0 Å². The van der Waals surface area contributed by atoms with E-state index in [4.69, 9.17) is 0 Å². The highest BCUT2D eigenvalue weighted by Gasteiger charge is 2.20. The second-order valence-corrected chi connectivity index (χ2v) is 5.18. The Balaban J connectivity index is 1.87. The molecule has 1 saturated heterocycles. The summed E-state index contributed by atoms with van der Waals surface area (Å²) < 4.78 is 0. The number of likely N-dealkylation sites (tertiary alicyclic amines) is 1. The van der Waals surface area contributed by atoms with Gasteiger partial charge in [0.25, 0.3) is 0 Å². The molecule has 1 aliphatic rings. The minimum Gasteiger partial charge on any atom is -0.508 e. The Bertz CT molecular complexity index is 329. The van der Waals surface area contributed by atoms with E-state index in [0.29, 0.717) is 11.8 Å². The lowest BCUT2D eigenvalue weighted by Gasteiger charge is -2.18. The van der Waals surface area contributed by atoms with Crippen molar-refractivity contribution in [3.8, 4) is 5.75 Å². The third kappa shape index (κ3) is 2.89. The molecule has 1 N–H and O–H groups in total. The molecular formula is C12H17NOS. The standard InChI is InChI=1S/C12H17NOS/c1-13-7-3-4-10(13)9-15-12-6-2-5-11(14)8-12/h2,5-6,8,10,14H,3-4,7,9H2,1H3/t10-/m1/s1. The summed E-state index contributed by atoms with van der Waals surface area (Å²) in [6.45, 7) is 1.23. The third-order valence-electron chi connectivity index (χ3n) is 2.93. The van der Waals surface area contributed by atoms with Gasteiger partial charge in [0.15, 0.2) is 0 Å². The van der Waals surface area contributed by atoms with Gasteiger partial charge in [-0.25, -0.2) is 0 Å². The van der Waals surface area contributed by atoms with E-state index in [1.54, 1.807) is 6.07 Å². The lowest BCUT2D eigenvalue weighted by Crippen LogP contribution is -2.26. The predicted octanol–water partition coefficient (Wildman–Crippen LogP) is 2.58. The van der Waals surface area contributed by atoms with Crippen LogP contribution in [0.25, 0.3) is 0 Å². The molecule has 0 bridgehead atoms. The fraction of sp³-hybridized carbons (Fsp3) is 0.500. The normalized spacial score (nSPS) is 22.1. The van der Waals surface area contributed by atoms with Crippen LogP contribution in [0.4, 0.5) is 0 Å². The third-order valence-corrected chi connectivity index (χ3v) is 4.07. The Hall–Kier alpha value is -0.670. The number of phenolic OH excluding ortho intramolecular Hbond substituents is 1. The van der Waals surface area contributed by atoms with Gasteiger partial charge in [-0.05, 0) is 44.6 Å². The Morgan fingerprint density at radius 2 is 2.40 bits per heavy atom. The van der Waals surface area contributed by atoms with Crippen molar-refractivity contribution in [2.75, 3.05) is 19.3 Å². The molecule has 0 saturated carbocycles. The molecule has 0 aromatic heterocycles. The van der Waals surface area contributed by atoms with Crippen LogP contribution in [0.3, 0.4) is 0 Å². The first kappa shape index (κ1) is 10.8. The van der Waals surface area contributed by atoms with Crippen LogP contribution in [0.15, 0.2) is 29.2 Å². The Morgan fingerprint density at radius 1 is 1.53 bits per heavy atom. The molecule has 1 aliphatic heterocycles. The van der Waals surface area contributed by atoms with E-state index in [0.717, 1.165) is 10.6 Å². The zero-order chi connectivity index (χ0) is 10.7. The average Bonchev–Trinajstić information content (AvgIpc) is 2.61. The van der Waals surface area contributed by atoms with Crippen molar-refractivity contribution < 1.29 is 5.11 Å². The smallest absolute Gasteiger partial charge is 0.116 e. The molecule has 1 aromatic rings. The van der Waals surface area contributed by atoms with Gasteiger partial charge in [0.1, 0.15) is 5.75 Å².